The molecule has 0 atom stereocenters. The third-order valence-corrected chi connectivity index (χ3v) is 4.52. The first kappa shape index (κ1) is 28.0. The van der Waals surface area contributed by atoms with Gasteiger partial charge in [0.2, 0.25) is 0 Å². The van der Waals surface area contributed by atoms with E-state index < -0.39 is 7.25 Å². The SMILES string of the molecule is CCCCCCCCCCCCCC[NH2+]CCCCCC.F[B-](F)(F)F. The Hall–Kier alpha value is -0.255. The highest BCUT2D eigenvalue weighted by atomic mass is 19.5. The summed E-state index contributed by atoms with van der Waals surface area (Å²) in [6, 6.07) is 0. The maximum atomic E-state index is 9.75. The molecule has 0 aromatic rings. The van der Waals surface area contributed by atoms with Gasteiger partial charge in [0.05, 0.1) is 13.1 Å². The summed E-state index contributed by atoms with van der Waals surface area (Å²) < 4.78 is 39.0. The van der Waals surface area contributed by atoms with Crippen molar-refractivity contribution in [2.24, 2.45) is 0 Å². The smallest absolute Gasteiger partial charge is 0.418 e. The average molecular weight is 385 g/mol. The van der Waals surface area contributed by atoms with E-state index in [0.717, 1.165) is 0 Å². The lowest BCUT2D eigenvalue weighted by Crippen LogP contribution is -2.84. The molecule has 0 saturated carbocycles. The Morgan fingerprint density at radius 3 is 1.00 bits per heavy atom. The first-order chi connectivity index (χ1) is 12.4. The molecule has 6 heteroatoms. The van der Waals surface area contributed by atoms with Crippen LogP contribution in [0.5, 0.6) is 0 Å². The summed E-state index contributed by atoms with van der Waals surface area (Å²) in [5.74, 6) is 0. The summed E-state index contributed by atoms with van der Waals surface area (Å²) in [4.78, 5) is 0. The van der Waals surface area contributed by atoms with Crippen molar-refractivity contribution in [2.75, 3.05) is 13.1 Å². The van der Waals surface area contributed by atoms with Crippen molar-refractivity contribution in [3.8, 4) is 0 Å². The molecule has 0 fully saturated rings. The normalized spacial score (nSPS) is 11.3. The number of hydrogen-bond donors (Lipinski definition) is 1. The van der Waals surface area contributed by atoms with Crippen LogP contribution in [0.4, 0.5) is 17.3 Å². The molecule has 0 aliphatic heterocycles. The highest BCUT2D eigenvalue weighted by Gasteiger charge is 2.20. The minimum absolute atomic E-state index is 1.36. The van der Waals surface area contributed by atoms with Crippen LogP contribution in [0.1, 0.15) is 117 Å². The van der Waals surface area contributed by atoms with E-state index in [9.17, 15) is 17.3 Å². The van der Waals surface area contributed by atoms with Gasteiger partial charge in [-0.25, -0.2) is 0 Å². The zero-order valence-corrected chi connectivity index (χ0v) is 17.4. The van der Waals surface area contributed by atoms with Crippen LogP contribution in [0.2, 0.25) is 0 Å². The Labute approximate surface area is 160 Å². The highest BCUT2D eigenvalue weighted by Crippen LogP contribution is 2.11. The van der Waals surface area contributed by atoms with E-state index in [4.69, 9.17) is 0 Å². The molecule has 0 aromatic carbocycles. The first-order valence-corrected chi connectivity index (χ1v) is 11.1. The van der Waals surface area contributed by atoms with Gasteiger partial charge in [0, 0.05) is 0 Å². The Kier molecular flexibility index (Phi) is 24.5. The van der Waals surface area contributed by atoms with E-state index in [0.29, 0.717) is 0 Å². The number of nitrogens with two attached hydrogens (primary N) is 1. The molecule has 0 spiro atoms. The van der Waals surface area contributed by atoms with Crippen molar-refractivity contribution in [3.05, 3.63) is 0 Å². The summed E-state index contributed by atoms with van der Waals surface area (Å²) in [6.07, 6.45) is 23.2. The van der Waals surface area contributed by atoms with E-state index in [1.165, 1.54) is 116 Å². The standard InChI is InChI=1S/C20H43N.BF4/c1-3-5-7-9-10-11-12-13-14-15-16-18-20-21-19-17-8-6-4-2;2-1(3,4)5/h21H,3-20H2,1-2H3;/q;-1/p+1. The third kappa shape index (κ3) is 39.0. The lowest BCUT2D eigenvalue weighted by atomic mass is 10.1. The molecule has 0 aliphatic carbocycles. The first-order valence-electron chi connectivity index (χ1n) is 11.1. The van der Waals surface area contributed by atoms with Gasteiger partial charge < -0.3 is 22.6 Å². The van der Waals surface area contributed by atoms with Gasteiger partial charge in [-0.15, -0.1) is 0 Å². The minimum atomic E-state index is -6.00. The number of halogens is 4. The zero-order chi connectivity index (χ0) is 19.9. The Balaban J connectivity index is 0. The van der Waals surface area contributed by atoms with Crippen molar-refractivity contribution in [1.29, 1.82) is 0 Å². The molecule has 0 unspecified atom stereocenters. The molecule has 0 aromatic heterocycles. The highest BCUT2D eigenvalue weighted by molar-refractivity contribution is 6.50. The Morgan fingerprint density at radius 1 is 0.462 bits per heavy atom. The fourth-order valence-electron chi connectivity index (χ4n) is 2.99. The van der Waals surface area contributed by atoms with Gasteiger partial charge in [-0.1, -0.05) is 90.9 Å². The minimum Gasteiger partial charge on any atom is -0.418 e. The van der Waals surface area contributed by atoms with Crippen molar-refractivity contribution in [2.45, 2.75) is 117 Å². The van der Waals surface area contributed by atoms with Crippen LogP contribution in [-0.4, -0.2) is 20.3 Å². The molecule has 0 rings (SSSR count). The maximum Gasteiger partial charge on any atom is 0.673 e. The predicted octanol–water partition coefficient (Wildman–Crippen LogP) is 7.13. The van der Waals surface area contributed by atoms with Crippen LogP contribution >= 0.6 is 0 Å². The molecular weight excluding hydrogens is 341 g/mol. The van der Waals surface area contributed by atoms with E-state index in [-0.39, 0.29) is 0 Å². The molecule has 160 valence electrons. The van der Waals surface area contributed by atoms with Gasteiger partial charge in [-0.05, 0) is 25.7 Å². The van der Waals surface area contributed by atoms with Crippen molar-refractivity contribution < 1.29 is 22.6 Å². The molecule has 2 N–H and O–H groups in total. The van der Waals surface area contributed by atoms with Gasteiger partial charge in [-0.2, -0.15) is 0 Å². The third-order valence-electron chi connectivity index (χ3n) is 4.52. The summed E-state index contributed by atoms with van der Waals surface area (Å²) in [5, 5.41) is 2.53. The van der Waals surface area contributed by atoms with E-state index in [1.807, 2.05) is 0 Å². The van der Waals surface area contributed by atoms with Gasteiger partial charge in [0.1, 0.15) is 0 Å². The van der Waals surface area contributed by atoms with Crippen LogP contribution in [0.25, 0.3) is 0 Å². The molecule has 0 bridgehead atoms. The van der Waals surface area contributed by atoms with Crippen molar-refractivity contribution >= 4 is 7.25 Å². The fraction of sp³-hybridized carbons (Fsp3) is 1.00. The Morgan fingerprint density at radius 2 is 0.692 bits per heavy atom. The van der Waals surface area contributed by atoms with Crippen molar-refractivity contribution in [3.63, 3.8) is 0 Å². The van der Waals surface area contributed by atoms with Crippen molar-refractivity contribution in [1.82, 2.24) is 0 Å². The second kappa shape index (κ2) is 22.8. The zero-order valence-electron chi connectivity index (χ0n) is 17.4. The number of hydrogen-bond acceptors (Lipinski definition) is 0. The quantitative estimate of drug-likeness (QED) is 0.147. The van der Waals surface area contributed by atoms with Crippen LogP contribution in [0.3, 0.4) is 0 Å². The molecule has 0 radical (unpaired) electrons. The number of unbranched alkanes of at least 4 members (excludes halogenated alkanes) is 14. The monoisotopic (exact) mass is 385 g/mol. The van der Waals surface area contributed by atoms with Gasteiger partial charge >= 0.3 is 7.25 Å². The molecule has 0 saturated heterocycles. The lowest BCUT2D eigenvalue weighted by molar-refractivity contribution is -0.655. The summed E-state index contributed by atoms with van der Waals surface area (Å²) in [6.45, 7) is 7.31. The molecular formula is C20H44BF4N. The fourth-order valence-corrected chi connectivity index (χ4v) is 2.99. The summed E-state index contributed by atoms with van der Waals surface area (Å²) in [7, 11) is -6.00. The van der Waals surface area contributed by atoms with Gasteiger partial charge in [0.25, 0.3) is 0 Å². The maximum absolute atomic E-state index is 9.75. The summed E-state index contributed by atoms with van der Waals surface area (Å²) >= 11 is 0. The summed E-state index contributed by atoms with van der Waals surface area (Å²) in [5.41, 5.74) is 0. The van der Waals surface area contributed by atoms with Crippen LogP contribution in [-0.2, 0) is 0 Å². The molecule has 0 aliphatic rings. The van der Waals surface area contributed by atoms with E-state index >= 15 is 0 Å². The van der Waals surface area contributed by atoms with Gasteiger partial charge in [-0.3, -0.25) is 0 Å². The molecule has 0 heterocycles. The molecule has 0 amide bonds. The number of quaternary nitrogens is 1. The molecule has 26 heavy (non-hydrogen) atoms. The van der Waals surface area contributed by atoms with Crippen LogP contribution < -0.4 is 5.32 Å². The van der Waals surface area contributed by atoms with E-state index in [1.54, 1.807) is 0 Å². The number of rotatable bonds is 18. The lowest BCUT2D eigenvalue weighted by Gasteiger charge is -2.03. The van der Waals surface area contributed by atoms with Gasteiger partial charge in [0.15, 0.2) is 0 Å². The Bertz CT molecular complexity index is 226. The van der Waals surface area contributed by atoms with Crippen LogP contribution in [0.15, 0.2) is 0 Å². The van der Waals surface area contributed by atoms with Crippen LogP contribution in [0, 0.1) is 0 Å². The largest absolute Gasteiger partial charge is 0.673 e. The van der Waals surface area contributed by atoms with E-state index in [2.05, 4.69) is 19.2 Å². The second-order valence-electron chi connectivity index (χ2n) is 7.31. The second-order valence-corrected chi connectivity index (χ2v) is 7.31. The predicted molar refractivity (Wildman–Crippen MR) is 107 cm³/mol. The topological polar surface area (TPSA) is 16.6 Å². The average Bonchev–Trinajstić information content (AvgIpc) is 2.56. The molecule has 1 nitrogen and oxygen atoms in total.